The zero-order valence-electron chi connectivity index (χ0n) is 14.6. The van der Waals surface area contributed by atoms with Crippen LogP contribution in [0.2, 0.25) is 0 Å². The summed E-state index contributed by atoms with van der Waals surface area (Å²) in [5, 5.41) is 0. The lowest BCUT2D eigenvalue weighted by atomic mass is 10.1. The molecule has 3 aromatic rings. The maximum Gasteiger partial charge on any atom is 0.229 e. The van der Waals surface area contributed by atoms with E-state index in [0.29, 0.717) is 5.69 Å². The SMILES string of the molecule is CCCn1c(CCc2ccccc2NS(C)(=O)=O)nc2ccccc21. The van der Waals surface area contributed by atoms with Gasteiger partial charge in [-0.3, -0.25) is 4.72 Å². The molecule has 0 saturated carbocycles. The molecule has 25 heavy (non-hydrogen) atoms. The minimum atomic E-state index is -3.29. The molecule has 1 N–H and O–H groups in total. The second-order valence-corrected chi connectivity index (χ2v) is 7.95. The van der Waals surface area contributed by atoms with Gasteiger partial charge in [0.25, 0.3) is 0 Å². The minimum absolute atomic E-state index is 0.642. The van der Waals surface area contributed by atoms with Crippen LogP contribution in [0.5, 0.6) is 0 Å². The largest absolute Gasteiger partial charge is 0.328 e. The van der Waals surface area contributed by atoms with Crippen LogP contribution in [0.1, 0.15) is 24.7 Å². The molecule has 5 nitrogen and oxygen atoms in total. The van der Waals surface area contributed by atoms with E-state index in [1.165, 1.54) is 6.26 Å². The summed E-state index contributed by atoms with van der Waals surface area (Å²) in [7, 11) is -3.29. The molecule has 0 radical (unpaired) electrons. The maximum absolute atomic E-state index is 11.6. The topological polar surface area (TPSA) is 64.0 Å². The number of para-hydroxylation sites is 3. The summed E-state index contributed by atoms with van der Waals surface area (Å²) in [6, 6.07) is 15.7. The smallest absolute Gasteiger partial charge is 0.229 e. The summed E-state index contributed by atoms with van der Waals surface area (Å²) in [6.45, 7) is 3.09. The number of imidazole rings is 1. The minimum Gasteiger partial charge on any atom is -0.328 e. The molecule has 0 unspecified atom stereocenters. The lowest BCUT2D eigenvalue weighted by Gasteiger charge is -2.11. The normalized spacial score (nSPS) is 11.8. The van der Waals surface area contributed by atoms with Gasteiger partial charge < -0.3 is 4.57 Å². The predicted molar refractivity (Wildman–Crippen MR) is 102 cm³/mol. The molecule has 0 saturated heterocycles. The van der Waals surface area contributed by atoms with Crippen molar-refractivity contribution in [3.8, 4) is 0 Å². The lowest BCUT2D eigenvalue weighted by molar-refractivity contribution is 0.606. The average molecular weight is 357 g/mol. The molecule has 0 fully saturated rings. The van der Waals surface area contributed by atoms with Gasteiger partial charge in [0.2, 0.25) is 10.0 Å². The number of rotatable bonds is 7. The van der Waals surface area contributed by atoms with E-state index in [1.54, 1.807) is 6.07 Å². The van der Waals surface area contributed by atoms with Gasteiger partial charge in [0.15, 0.2) is 0 Å². The molecular formula is C19H23N3O2S. The monoisotopic (exact) mass is 357 g/mol. The second kappa shape index (κ2) is 7.27. The van der Waals surface area contributed by atoms with Gasteiger partial charge in [-0.15, -0.1) is 0 Å². The Morgan fingerprint density at radius 1 is 1.04 bits per heavy atom. The number of aromatic nitrogens is 2. The van der Waals surface area contributed by atoms with Gasteiger partial charge in [-0.25, -0.2) is 13.4 Å². The Kier molecular flexibility index (Phi) is 5.08. The number of hydrogen-bond donors (Lipinski definition) is 1. The van der Waals surface area contributed by atoms with E-state index < -0.39 is 10.0 Å². The molecule has 2 aromatic carbocycles. The molecule has 1 heterocycles. The number of fused-ring (bicyclic) bond motifs is 1. The molecule has 132 valence electrons. The summed E-state index contributed by atoms with van der Waals surface area (Å²) in [5.74, 6) is 1.04. The molecule has 0 atom stereocenters. The highest BCUT2D eigenvalue weighted by Crippen LogP contribution is 2.21. The molecule has 1 aromatic heterocycles. The fourth-order valence-electron chi connectivity index (χ4n) is 3.07. The van der Waals surface area contributed by atoms with Crippen LogP contribution in [-0.2, 0) is 29.4 Å². The Labute approximate surface area is 148 Å². The number of nitrogens with one attached hydrogen (secondary N) is 1. The van der Waals surface area contributed by atoms with E-state index in [-0.39, 0.29) is 0 Å². The van der Waals surface area contributed by atoms with Gasteiger partial charge in [-0.2, -0.15) is 0 Å². The third-order valence-electron chi connectivity index (χ3n) is 4.11. The first kappa shape index (κ1) is 17.5. The van der Waals surface area contributed by atoms with Gasteiger partial charge in [0.1, 0.15) is 5.82 Å². The Bertz CT molecular complexity index is 977. The van der Waals surface area contributed by atoms with Crippen LogP contribution >= 0.6 is 0 Å². The van der Waals surface area contributed by atoms with Crippen molar-refractivity contribution >= 4 is 26.7 Å². The van der Waals surface area contributed by atoms with E-state index in [0.717, 1.165) is 48.2 Å². The third kappa shape index (κ3) is 4.20. The zero-order chi connectivity index (χ0) is 17.9. The zero-order valence-corrected chi connectivity index (χ0v) is 15.4. The van der Waals surface area contributed by atoms with E-state index in [1.807, 2.05) is 36.4 Å². The third-order valence-corrected chi connectivity index (χ3v) is 4.70. The molecule has 0 aliphatic carbocycles. The average Bonchev–Trinajstić information content (AvgIpc) is 2.91. The number of anilines is 1. The van der Waals surface area contributed by atoms with Crippen molar-refractivity contribution < 1.29 is 8.42 Å². The molecule has 0 spiro atoms. The van der Waals surface area contributed by atoms with Gasteiger partial charge in [-0.1, -0.05) is 37.3 Å². The number of nitrogens with zero attached hydrogens (tertiary/aromatic N) is 2. The number of aryl methyl sites for hydroxylation is 3. The van der Waals surface area contributed by atoms with Crippen LogP contribution in [0.3, 0.4) is 0 Å². The van der Waals surface area contributed by atoms with Crippen LogP contribution in [0.4, 0.5) is 5.69 Å². The van der Waals surface area contributed by atoms with E-state index in [4.69, 9.17) is 4.98 Å². The van der Waals surface area contributed by atoms with Crippen LogP contribution in [0, 0.1) is 0 Å². The van der Waals surface area contributed by atoms with Crippen LogP contribution in [0.15, 0.2) is 48.5 Å². The quantitative estimate of drug-likeness (QED) is 0.703. The van der Waals surface area contributed by atoms with Crippen molar-refractivity contribution in [2.45, 2.75) is 32.7 Å². The van der Waals surface area contributed by atoms with Crippen molar-refractivity contribution in [1.29, 1.82) is 0 Å². The van der Waals surface area contributed by atoms with Gasteiger partial charge in [0.05, 0.1) is 23.0 Å². The predicted octanol–water partition coefficient (Wildman–Crippen LogP) is 3.60. The standard InChI is InChI=1S/C19H23N3O2S/c1-3-14-22-18-11-7-6-10-17(18)20-19(22)13-12-15-8-4-5-9-16(15)21-25(2,23)24/h4-11,21H,3,12-14H2,1-2H3. The van der Waals surface area contributed by atoms with Crippen LogP contribution in [0.25, 0.3) is 11.0 Å². The molecule has 0 aliphatic rings. The summed E-state index contributed by atoms with van der Waals surface area (Å²) in [5.41, 5.74) is 3.78. The first-order valence-corrected chi connectivity index (χ1v) is 10.4. The summed E-state index contributed by atoms with van der Waals surface area (Å²) in [6.07, 6.45) is 3.70. The fraction of sp³-hybridized carbons (Fsp3) is 0.316. The number of hydrogen-bond acceptors (Lipinski definition) is 3. The Morgan fingerprint density at radius 3 is 2.52 bits per heavy atom. The summed E-state index contributed by atoms with van der Waals surface area (Å²) < 4.78 is 28.0. The van der Waals surface area contributed by atoms with Crippen LogP contribution < -0.4 is 4.72 Å². The van der Waals surface area contributed by atoms with E-state index >= 15 is 0 Å². The Hall–Kier alpha value is -2.34. The molecular weight excluding hydrogens is 334 g/mol. The highest BCUT2D eigenvalue weighted by molar-refractivity contribution is 7.92. The van der Waals surface area contributed by atoms with Crippen molar-refractivity contribution in [2.24, 2.45) is 0 Å². The van der Waals surface area contributed by atoms with Crippen molar-refractivity contribution in [3.05, 3.63) is 59.9 Å². The summed E-state index contributed by atoms with van der Waals surface area (Å²) in [4.78, 5) is 4.77. The first-order chi connectivity index (χ1) is 12.0. The van der Waals surface area contributed by atoms with E-state index in [2.05, 4.69) is 22.3 Å². The van der Waals surface area contributed by atoms with E-state index in [9.17, 15) is 8.42 Å². The Morgan fingerprint density at radius 2 is 1.76 bits per heavy atom. The summed E-state index contributed by atoms with van der Waals surface area (Å²) >= 11 is 0. The second-order valence-electron chi connectivity index (χ2n) is 6.20. The maximum atomic E-state index is 11.6. The Balaban J connectivity index is 1.87. The molecule has 0 amide bonds. The molecule has 0 aliphatic heterocycles. The molecule has 3 rings (SSSR count). The fourth-order valence-corrected chi connectivity index (χ4v) is 3.67. The molecule has 6 heteroatoms. The highest BCUT2D eigenvalue weighted by Gasteiger charge is 2.12. The van der Waals surface area contributed by atoms with Crippen molar-refractivity contribution in [3.63, 3.8) is 0 Å². The van der Waals surface area contributed by atoms with Crippen LogP contribution in [-0.4, -0.2) is 24.2 Å². The van der Waals surface area contributed by atoms with Crippen molar-refractivity contribution in [2.75, 3.05) is 11.0 Å². The van der Waals surface area contributed by atoms with Gasteiger partial charge in [-0.05, 0) is 36.6 Å². The number of sulfonamides is 1. The highest BCUT2D eigenvalue weighted by atomic mass is 32.2. The van der Waals surface area contributed by atoms with Gasteiger partial charge >= 0.3 is 0 Å². The van der Waals surface area contributed by atoms with Crippen molar-refractivity contribution in [1.82, 2.24) is 9.55 Å². The lowest BCUT2D eigenvalue weighted by Crippen LogP contribution is -2.12. The molecule has 0 bridgehead atoms. The first-order valence-electron chi connectivity index (χ1n) is 8.48. The van der Waals surface area contributed by atoms with Gasteiger partial charge in [0, 0.05) is 13.0 Å². The number of benzene rings is 2.